The summed E-state index contributed by atoms with van der Waals surface area (Å²) >= 11 is 0. The third-order valence-electron chi connectivity index (χ3n) is 15.6. The molecule has 0 N–H and O–H groups in total. The molecule has 10 atom stereocenters. The first-order chi connectivity index (χ1) is 22.6. The van der Waals surface area contributed by atoms with E-state index in [1.165, 1.54) is 141 Å². The quantitative estimate of drug-likeness (QED) is 0.0909. The van der Waals surface area contributed by atoms with Crippen LogP contribution in [0.25, 0.3) is 0 Å². The van der Waals surface area contributed by atoms with Gasteiger partial charge in [0.05, 0.1) is 0 Å². The Bertz CT molecular complexity index is 894. The maximum Gasteiger partial charge on any atom is 0.306 e. The van der Waals surface area contributed by atoms with E-state index in [0.29, 0.717) is 17.3 Å². The summed E-state index contributed by atoms with van der Waals surface area (Å²) in [6.07, 6.45) is 34.9. The molecule has 0 saturated heterocycles. The summed E-state index contributed by atoms with van der Waals surface area (Å²) in [6.45, 7) is 17.6. The van der Waals surface area contributed by atoms with Crippen molar-refractivity contribution >= 4 is 5.97 Å². The molecule has 4 aliphatic rings. The summed E-state index contributed by atoms with van der Waals surface area (Å²) < 4.78 is 6.18. The lowest BCUT2D eigenvalue weighted by Crippen LogP contribution is -2.54. The summed E-state index contributed by atoms with van der Waals surface area (Å²) in [4.78, 5) is 12.8. The van der Waals surface area contributed by atoms with E-state index in [1.807, 2.05) is 0 Å². The van der Waals surface area contributed by atoms with E-state index in [9.17, 15) is 4.79 Å². The summed E-state index contributed by atoms with van der Waals surface area (Å²) in [7, 11) is 0. The summed E-state index contributed by atoms with van der Waals surface area (Å²) in [6, 6.07) is 0. The van der Waals surface area contributed by atoms with Gasteiger partial charge in [-0.05, 0) is 122 Å². The van der Waals surface area contributed by atoms with Gasteiger partial charge in [0.2, 0.25) is 0 Å². The van der Waals surface area contributed by atoms with Crippen molar-refractivity contribution in [3.63, 3.8) is 0 Å². The molecule has 2 unspecified atom stereocenters. The van der Waals surface area contributed by atoms with Gasteiger partial charge >= 0.3 is 5.97 Å². The Labute approximate surface area is 294 Å². The first kappa shape index (κ1) is 39.3. The van der Waals surface area contributed by atoms with Crippen LogP contribution in [0.15, 0.2) is 0 Å². The fourth-order valence-corrected chi connectivity index (χ4v) is 12.1. The van der Waals surface area contributed by atoms with E-state index in [2.05, 4.69) is 48.5 Å². The van der Waals surface area contributed by atoms with Gasteiger partial charge in [-0.2, -0.15) is 0 Å². The van der Waals surface area contributed by atoms with Crippen molar-refractivity contribution in [1.29, 1.82) is 0 Å². The highest BCUT2D eigenvalue weighted by Gasteiger charge is 2.60. The van der Waals surface area contributed by atoms with Gasteiger partial charge in [0, 0.05) is 6.42 Å². The standard InChI is InChI=1S/C45H82O2/c1-8-9-10-11-12-13-14-15-16-17-18-19-20-21-22-43(46)47-38-29-31-44(6)37(33-38)25-26-39-41-28-27-40(45(41,7)32-30-42(39)44)36(5)24-23-35(4)34(2)3/h34-42H,8-33H2,1-7H3/t35-,36+,37?,38?,39-,40+,41-,42-,44-,45+/m0/s1. The maximum absolute atomic E-state index is 12.8. The van der Waals surface area contributed by atoms with E-state index in [-0.39, 0.29) is 12.1 Å². The van der Waals surface area contributed by atoms with E-state index in [0.717, 1.165) is 66.6 Å². The molecule has 0 aromatic rings. The molecule has 0 radical (unpaired) electrons. The zero-order valence-corrected chi connectivity index (χ0v) is 32.9. The molecule has 2 heteroatoms. The van der Waals surface area contributed by atoms with Crippen LogP contribution in [0.2, 0.25) is 0 Å². The molecule has 0 heterocycles. The van der Waals surface area contributed by atoms with E-state index in [4.69, 9.17) is 4.74 Å². The molecular formula is C45H82O2. The van der Waals surface area contributed by atoms with Gasteiger partial charge in [-0.15, -0.1) is 0 Å². The monoisotopic (exact) mass is 655 g/mol. The van der Waals surface area contributed by atoms with Crippen LogP contribution in [-0.2, 0) is 9.53 Å². The van der Waals surface area contributed by atoms with E-state index in [1.54, 1.807) is 0 Å². The highest BCUT2D eigenvalue weighted by atomic mass is 16.5. The minimum absolute atomic E-state index is 0.0913. The Balaban J connectivity index is 1.11. The summed E-state index contributed by atoms with van der Waals surface area (Å²) in [5, 5.41) is 0. The fraction of sp³-hybridized carbons (Fsp3) is 0.978. The van der Waals surface area contributed by atoms with Gasteiger partial charge in [0.1, 0.15) is 6.10 Å². The largest absolute Gasteiger partial charge is 0.462 e. The molecule has 0 aromatic heterocycles. The van der Waals surface area contributed by atoms with Crippen LogP contribution in [0.3, 0.4) is 0 Å². The predicted octanol–water partition coefficient (Wildman–Crippen LogP) is 14.1. The minimum atomic E-state index is 0.0913. The van der Waals surface area contributed by atoms with Crippen molar-refractivity contribution in [3.8, 4) is 0 Å². The third-order valence-corrected chi connectivity index (χ3v) is 15.6. The number of carbonyl (C=O) groups excluding carboxylic acids is 1. The lowest BCUT2D eigenvalue weighted by molar-refractivity contribution is -0.162. The van der Waals surface area contributed by atoms with Crippen molar-refractivity contribution in [1.82, 2.24) is 0 Å². The van der Waals surface area contributed by atoms with Crippen LogP contribution in [0.1, 0.15) is 215 Å². The van der Waals surface area contributed by atoms with Crippen LogP contribution in [0, 0.1) is 58.2 Å². The number of unbranched alkanes of at least 4 members (excludes halogenated alkanes) is 13. The van der Waals surface area contributed by atoms with Gasteiger partial charge in [-0.3, -0.25) is 4.79 Å². The molecule has 0 amide bonds. The highest BCUT2D eigenvalue weighted by Crippen LogP contribution is 2.68. The Kier molecular flexibility index (Phi) is 16.0. The lowest BCUT2D eigenvalue weighted by atomic mass is 9.44. The normalized spacial score (nSPS) is 34.8. The van der Waals surface area contributed by atoms with E-state index >= 15 is 0 Å². The number of carbonyl (C=O) groups is 1. The number of esters is 1. The van der Waals surface area contributed by atoms with Crippen LogP contribution >= 0.6 is 0 Å². The van der Waals surface area contributed by atoms with Gasteiger partial charge < -0.3 is 4.74 Å². The first-order valence-electron chi connectivity index (χ1n) is 21.8. The molecule has 4 rings (SSSR count). The zero-order valence-electron chi connectivity index (χ0n) is 32.9. The van der Waals surface area contributed by atoms with Gasteiger partial charge in [0.25, 0.3) is 0 Å². The smallest absolute Gasteiger partial charge is 0.306 e. The second-order valence-electron chi connectivity index (χ2n) is 18.9. The molecule has 2 nitrogen and oxygen atoms in total. The molecule has 4 fully saturated rings. The van der Waals surface area contributed by atoms with Crippen molar-refractivity contribution < 1.29 is 9.53 Å². The molecule has 274 valence electrons. The zero-order chi connectivity index (χ0) is 33.9. The van der Waals surface area contributed by atoms with Crippen LogP contribution in [0.5, 0.6) is 0 Å². The molecule has 0 bridgehead atoms. The number of ether oxygens (including phenoxy) is 1. The second kappa shape index (κ2) is 19.2. The van der Waals surface area contributed by atoms with Gasteiger partial charge in [-0.1, -0.05) is 145 Å². The number of hydrogen-bond acceptors (Lipinski definition) is 2. The SMILES string of the molecule is CCCCCCCCCCCCCCCCC(=O)OC1CC[C@@]2(C)C(CC[C@H]3[C@@H]4CC[C@H]([C@H](C)CC[C@H](C)C(C)C)[C@@]4(C)CC[C@@H]32)C1. The second-order valence-corrected chi connectivity index (χ2v) is 18.9. The first-order valence-corrected chi connectivity index (χ1v) is 21.8. The topological polar surface area (TPSA) is 26.3 Å². The molecule has 47 heavy (non-hydrogen) atoms. The molecule has 0 spiro atoms. The van der Waals surface area contributed by atoms with Crippen molar-refractivity contribution in [2.24, 2.45) is 58.2 Å². The van der Waals surface area contributed by atoms with Gasteiger partial charge in [-0.25, -0.2) is 0 Å². The van der Waals surface area contributed by atoms with Crippen molar-refractivity contribution in [2.75, 3.05) is 0 Å². The van der Waals surface area contributed by atoms with E-state index < -0.39 is 0 Å². The van der Waals surface area contributed by atoms with Crippen LogP contribution in [-0.4, -0.2) is 12.1 Å². The number of rotatable bonds is 21. The Morgan fingerprint density at radius 2 is 1.23 bits per heavy atom. The molecular weight excluding hydrogens is 572 g/mol. The molecule has 4 saturated carbocycles. The van der Waals surface area contributed by atoms with Crippen molar-refractivity contribution in [3.05, 3.63) is 0 Å². The Morgan fingerprint density at radius 1 is 0.660 bits per heavy atom. The fourth-order valence-electron chi connectivity index (χ4n) is 12.1. The summed E-state index contributed by atoms with van der Waals surface area (Å²) in [5.74, 6) is 7.14. The predicted molar refractivity (Wildman–Crippen MR) is 202 cm³/mol. The Hall–Kier alpha value is -0.530. The highest BCUT2D eigenvalue weighted by molar-refractivity contribution is 5.69. The molecule has 0 aliphatic heterocycles. The molecule has 0 aromatic carbocycles. The van der Waals surface area contributed by atoms with Crippen LogP contribution in [0.4, 0.5) is 0 Å². The average molecular weight is 655 g/mol. The third kappa shape index (κ3) is 10.5. The Morgan fingerprint density at radius 3 is 1.85 bits per heavy atom. The minimum Gasteiger partial charge on any atom is -0.462 e. The number of fused-ring (bicyclic) bond motifs is 5. The lowest BCUT2D eigenvalue weighted by Gasteiger charge is -2.61. The summed E-state index contributed by atoms with van der Waals surface area (Å²) in [5.41, 5.74) is 1.04. The van der Waals surface area contributed by atoms with Gasteiger partial charge in [0.15, 0.2) is 0 Å². The van der Waals surface area contributed by atoms with Crippen molar-refractivity contribution in [2.45, 2.75) is 222 Å². The maximum atomic E-state index is 12.8. The number of hydrogen-bond donors (Lipinski definition) is 0. The van der Waals surface area contributed by atoms with Crippen LogP contribution < -0.4 is 0 Å². The average Bonchev–Trinajstić information content (AvgIpc) is 3.41. The molecule has 4 aliphatic carbocycles.